The molecule has 7 heteroatoms. The van der Waals surface area contributed by atoms with E-state index in [1.54, 1.807) is 20.8 Å². The van der Waals surface area contributed by atoms with Crippen molar-refractivity contribution < 1.29 is 0 Å². The number of aromatic nitrogens is 3. The van der Waals surface area contributed by atoms with E-state index < -0.39 is 11.2 Å². The van der Waals surface area contributed by atoms with E-state index in [9.17, 15) is 9.59 Å². The van der Waals surface area contributed by atoms with Gasteiger partial charge in [-0.15, -0.1) is 4.68 Å². The van der Waals surface area contributed by atoms with Crippen LogP contribution in [0.5, 0.6) is 0 Å². The van der Waals surface area contributed by atoms with Crippen LogP contribution < -0.4 is 11.2 Å². The molecule has 2 aromatic rings. The Bertz CT molecular complexity index is 688. The third kappa shape index (κ3) is 1.58. The van der Waals surface area contributed by atoms with Crippen molar-refractivity contribution in [2.24, 2.45) is 5.10 Å². The van der Waals surface area contributed by atoms with Crippen LogP contribution >= 0.6 is 11.5 Å². The van der Waals surface area contributed by atoms with Crippen molar-refractivity contribution in [1.82, 2.24) is 14.0 Å². The number of aryl methyl sites for hydroxylation is 1. The molecule has 6 nitrogen and oxygen atoms in total. The summed E-state index contributed by atoms with van der Waals surface area (Å²) in [4.78, 5) is 26.6. The summed E-state index contributed by atoms with van der Waals surface area (Å²) in [6, 6.07) is 0. The zero-order valence-corrected chi connectivity index (χ0v) is 9.88. The van der Waals surface area contributed by atoms with Gasteiger partial charge in [-0.2, -0.15) is 9.47 Å². The highest BCUT2D eigenvalue weighted by molar-refractivity contribution is 7.12. The van der Waals surface area contributed by atoms with Gasteiger partial charge >= 0.3 is 5.69 Å². The fourth-order valence-corrected chi connectivity index (χ4v) is 2.12. The van der Waals surface area contributed by atoms with Gasteiger partial charge in [0.2, 0.25) is 0 Å². The van der Waals surface area contributed by atoms with E-state index in [1.807, 2.05) is 0 Å². The van der Waals surface area contributed by atoms with Gasteiger partial charge in [-0.25, -0.2) is 4.79 Å². The molecule has 2 rings (SSSR count). The predicted molar refractivity (Wildman–Crippen MR) is 63.4 cm³/mol. The summed E-state index contributed by atoms with van der Waals surface area (Å²) < 4.78 is 4.86. The van der Waals surface area contributed by atoms with Gasteiger partial charge in [0.15, 0.2) is 0 Å². The first-order chi connectivity index (χ1) is 7.50. The minimum absolute atomic E-state index is 0.425. The molecule has 0 aliphatic heterocycles. The van der Waals surface area contributed by atoms with Gasteiger partial charge in [-0.05, 0) is 32.3 Å². The van der Waals surface area contributed by atoms with Crippen LogP contribution in [-0.4, -0.2) is 19.7 Å². The first-order valence-electron chi connectivity index (χ1n) is 4.64. The molecule has 0 saturated heterocycles. The molecule has 1 N–H and O–H groups in total. The molecule has 0 bridgehead atoms. The normalized spacial score (nSPS) is 10.7. The first kappa shape index (κ1) is 10.7. The maximum atomic E-state index is 12.0. The monoisotopic (exact) mass is 238 g/mol. The van der Waals surface area contributed by atoms with Gasteiger partial charge in [0, 0.05) is 5.71 Å². The summed E-state index contributed by atoms with van der Waals surface area (Å²) in [6.07, 6.45) is 0. The number of aromatic amines is 1. The van der Waals surface area contributed by atoms with Crippen LogP contribution in [-0.2, 0) is 0 Å². The Morgan fingerprint density at radius 1 is 1.44 bits per heavy atom. The molecule has 16 heavy (non-hydrogen) atoms. The minimum Gasteiger partial charge on any atom is -0.295 e. The maximum Gasteiger partial charge on any atom is 0.350 e. The molecule has 0 saturated carbocycles. The predicted octanol–water partition coefficient (Wildman–Crippen LogP) is 0.699. The van der Waals surface area contributed by atoms with E-state index in [4.69, 9.17) is 0 Å². The molecule has 2 heterocycles. The maximum absolute atomic E-state index is 12.0. The summed E-state index contributed by atoms with van der Waals surface area (Å²) in [6.45, 7) is 5.16. The fourth-order valence-electron chi connectivity index (χ4n) is 1.35. The van der Waals surface area contributed by atoms with Crippen LogP contribution in [0.25, 0.3) is 10.2 Å². The number of rotatable bonds is 1. The van der Waals surface area contributed by atoms with Crippen molar-refractivity contribution in [3.05, 3.63) is 26.5 Å². The fraction of sp³-hybridized carbons (Fsp3) is 0.333. The van der Waals surface area contributed by atoms with E-state index in [0.29, 0.717) is 21.6 Å². The summed E-state index contributed by atoms with van der Waals surface area (Å²) in [5.41, 5.74) is 0.278. The zero-order valence-electron chi connectivity index (χ0n) is 9.07. The molecule has 0 aromatic carbocycles. The second kappa shape index (κ2) is 3.67. The van der Waals surface area contributed by atoms with Gasteiger partial charge in [0.05, 0.1) is 11.1 Å². The number of hydrogen-bond donors (Lipinski definition) is 1. The highest BCUT2D eigenvalue weighted by Gasteiger charge is 2.11. The Hall–Kier alpha value is -1.76. The number of fused-ring (bicyclic) bond motifs is 1. The van der Waals surface area contributed by atoms with Crippen LogP contribution in [0.3, 0.4) is 0 Å². The summed E-state index contributed by atoms with van der Waals surface area (Å²) in [5, 5.41) is 4.31. The largest absolute Gasteiger partial charge is 0.350 e. The Labute approximate surface area is 94.4 Å². The lowest BCUT2D eigenvalue weighted by atomic mass is 10.3. The highest BCUT2D eigenvalue weighted by atomic mass is 32.1. The van der Waals surface area contributed by atoms with Gasteiger partial charge < -0.3 is 0 Å². The van der Waals surface area contributed by atoms with Gasteiger partial charge in [0.1, 0.15) is 4.83 Å². The zero-order chi connectivity index (χ0) is 11.9. The topological polar surface area (TPSA) is 80.1 Å². The van der Waals surface area contributed by atoms with Crippen molar-refractivity contribution in [1.29, 1.82) is 0 Å². The number of nitrogens with one attached hydrogen (secondary N) is 1. The molecule has 2 aromatic heterocycles. The highest BCUT2D eigenvalue weighted by Crippen LogP contribution is 2.13. The smallest absolute Gasteiger partial charge is 0.295 e. The average molecular weight is 238 g/mol. The first-order valence-corrected chi connectivity index (χ1v) is 5.41. The molecule has 0 aliphatic carbocycles. The third-order valence-corrected chi connectivity index (χ3v) is 2.84. The second-order valence-electron chi connectivity index (χ2n) is 3.57. The summed E-state index contributed by atoms with van der Waals surface area (Å²) >= 11 is 1.10. The van der Waals surface area contributed by atoms with Crippen LogP contribution in [0, 0.1) is 6.92 Å². The standard InChI is InChI=1S/C9H10N4O2S/c1-4(2)11-13-8(14)6-5(3)12-16-7(6)10-9(13)15/h1-3H3,(H,10,15). The SMILES string of the molecule is CC(C)=Nn1c(=O)[nH]c2snc(C)c2c1=O. The molecule has 84 valence electrons. The van der Waals surface area contributed by atoms with Gasteiger partial charge in [0.25, 0.3) is 5.56 Å². The molecule has 0 radical (unpaired) electrons. The minimum atomic E-state index is -0.539. The number of hydrogen-bond acceptors (Lipinski definition) is 5. The van der Waals surface area contributed by atoms with Crippen molar-refractivity contribution in [2.75, 3.05) is 0 Å². The Kier molecular flexibility index (Phi) is 2.47. The molecule has 0 unspecified atom stereocenters. The van der Waals surface area contributed by atoms with E-state index in [2.05, 4.69) is 14.5 Å². The number of H-pyrrole nitrogens is 1. The van der Waals surface area contributed by atoms with Crippen LogP contribution in [0.1, 0.15) is 19.5 Å². The lowest BCUT2D eigenvalue weighted by Crippen LogP contribution is -2.32. The van der Waals surface area contributed by atoms with E-state index in [1.165, 1.54) is 0 Å². The average Bonchev–Trinajstić information content (AvgIpc) is 2.54. The summed E-state index contributed by atoms with van der Waals surface area (Å²) in [5.74, 6) is 0. The third-order valence-electron chi connectivity index (χ3n) is 1.98. The lowest BCUT2D eigenvalue weighted by Gasteiger charge is -1.97. The second-order valence-corrected chi connectivity index (χ2v) is 4.34. The Morgan fingerprint density at radius 2 is 2.12 bits per heavy atom. The van der Waals surface area contributed by atoms with Crippen molar-refractivity contribution >= 4 is 27.5 Å². The summed E-state index contributed by atoms with van der Waals surface area (Å²) in [7, 11) is 0. The Morgan fingerprint density at radius 3 is 2.75 bits per heavy atom. The van der Waals surface area contributed by atoms with E-state index in [-0.39, 0.29) is 0 Å². The molecule has 0 aliphatic rings. The quantitative estimate of drug-likeness (QED) is 0.742. The Balaban J connectivity index is 2.96. The molecule has 0 amide bonds. The van der Waals surface area contributed by atoms with Crippen LogP contribution in [0.2, 0.25) is 0 Å². The van der Waals surface area contributed by atoms with Crippen molar-refractivity contribution in [3.8, 4) is 0 Å². The van der Waals surface area contributed by atoms with Gasteiger partial charge in [-0.3, -0.25) is 9.78 Å². The van der Waals surface area contributed by atoms with E-state index in [0.717, 1.165) is 16.2 Å². The van der Waals surface area contributed by atoms with E-state index >= 15 is 0 Å². The molecular formula is C9H10N4O2S. The van der Waals surface area contributed by atoms with Gasteiger partial charge in [-0.1, -0.05) is 0 Å². The van der Waals surface area contributed by atoms with Crippen molar-refractivity contribution in [2.45, 2.75) is 20.8 Å². The molecular weight excluding hydrogens is 228 g/mol. The van der Waals surface area contributed by atoms with Crippen LogP contribution in [0.4, 0.5) is 0 Å². The number of nitrogens with zero attached hydrogens (tertiary/aromatic N) is 3. The van der Waals surface area contributed by atoms with Crippen molar-refractivity contribution in [3.63, 3.8) is 0 Å². The lowest BCUT2D eigenvalue weighted by molar-refractivity contribution is 0.766. The van der Waals surface area contributed by atoms with Crippen LogP contribution in [0.15, 0.2) is 14.7 Å². The molecule has 0 spiro atoms. The molecule has 0 fully saturated rings. The molecule has 0 atom stereocenters.